The average Bonchev–Trinajstić information content (AvgIpc) is 3.68. The van der Waals surface area contributed by atoms with E-state index >= 15 is 0 Å². The predicted molar refractivity (Wildman–Crippen MR) is 135 cm³/mol. The molecular formula is C27H30N6O5. The second-order valence-electron chi connectivity index (χ2n) is 9.49. The van der Waals surface area contributed by atoms with Crippen LogP contribution in [0.4, 0.5) is 0 Å². The van der Waals surface area contributed by atoms with E-state index in [-0.39, 0.29) is 36.6 Å². The van der Waals surface area contributed by atoms with E-state index in [1.807, 2.05) is 6.92 Å². The van der Waals surface area contributed by atoms with Crippen LogP contribution < -0.4 is 5.32 Å². The number of amides is 2. The van der Waals surface area contributed by atoms with Crippen LogP contribution in [0.1, 0.15) is 55.2 Å². The highest BCUT2D eigenvalue weighted by atomic mass is 16.3. The number of hydrogen-bond donors (Lipinski definition) is 2. The Morgan fingerprint density at radius 1 is 1.13 bits per heavy atom. The Hall–Kier alpha value is -4.41. The van der Waals surface area contributed by atoms with Crippen molar-refractivity contribution in [2.45, 2.75) is 64.2 Å². The lowest BCUT2D eigenvalue weighted by molar-refractivity contribution is -0.143. The first kappa shape index (κ1) is 25.2. The molecular weight excluding hydrogens is 488 g/mol. The molecule has 2 amide bonds. The summed E-state index contributed by atoms with van der Waals surface area (Å²) in [6.07, 6.45) is 6.59. The van der Waals surface area contributed by atoms with Crippen molar-refractivity contribution in [1.82, 2.24) is 30.4 Å². The molecule has 11 heteroatoms. The molecule has 11 nitrogen and oxygen atoms in total. The molecule has 1 aromatic carbocycles. The largest absolute Gasteiger partial charge is 0.508 e. The van der Waals surface area contributed by atoms with E-state index in [4.69, 9.17) is 8.83 Å². The third-order valence-electron chi connectivity index (χ3n) is 6.64. The Morgan fingerprint density at radius 2 is 1.92 bits per heavy atom. The van der Waals surface area contributed by atoms with Gasteiger partial charge in [-0.1, -0.05) is 31.4 Å². The molecule has 0 saturated heterocycles. The number of phenolic OH excluding ortho intramolecular Hbond substituents is 1. The fourth-order valence-electron chi connectivity index (χ4n) is 4.73. The lowest BCUT2D eigenvalue weighted by Gasteiger charge is -2.33. The number of hydrogen-bond acceptors (Lipinski definition) is 8. The first-order valence-corrected chi connectivity index (χ1v) is 12.7. The molecule has 1 fully saturated rings. The molecule has 1 saturated carbocycles. The summed E-state index contributed by atoms with van der Waals surface area (Å²) in [5.74, 6) is 1.30. The van der Waals surface area contributed by atoms with Crippen LogP contribution >= 0.6 is 0 Å². The van der Waals surface area contributed by atoms with Crippen LogP contribution in [-0.4, -0.2) is 48.1 Å². The molecule has 4 aromatic rings. The van der Waals surface area contributed by atoms with Crippen molar-refractivity contribution in [3.05, 3.63) is 71.9 Å². The summed E-state index contributed by atoms with van der Waals surface area (Å²) >= 11 is 0. The normalized spacial score (nSPS) is 14.8. The van der Waals surface area contributed by atoms with Crippen molar-refractivity contribution >= 4 is 11.8 Å². The number of aromatic nitrogens is 4. The topological polar surface area (TPSA) is 140 Å². The van der Waals surface area contributed by atoms with Crippen molar-refractivity contribution in [3.63, 3.8) is 0 Å². The fourth-order valence-corrected chi connectivity index (χ4v) is 4.73. The number of carbonyl (C=O) groups is 2. The maximum atomic E-state index is 13.8. The minimum absolute atomic E-state index is 0.0488. The number of nitrogens with one attached hydrogen (secondary N) is 1. The number of phenols is 1. The van der Waals surface area contributed by atoms with E-state index in [1.165, 1.54) is 28.1 Å². The summed E-state index contributed by atoms with van der Waals surface area (Å²) in [6.45, 7) is 1.61. The zero-order valence-corrected chi connectivity index (χ0v) is 21.1. The quantitative estimate of drug-likeness (QED) is 0.341. The van der Waals surface area contributed by atoms with E-state index in [9.17, 15) is 14.7 Å². The number of carbonyl (C=O) groups excluding carboxylic acids is 2. The third-order valence-corrected chi connectivity index (χ3v) is 6.64. The Morgan fingerprint density at radius 3 is 2.61 bits per heavy atom. The van der Waals surface area contributed by atoms with Crippen LogP contribution in [0.25, 0.3) is 11.6 Å². The van der Waals surface area contributed by atoms with E-state index in [0.29, 0.717) is 22.8 Å². The lowest BCUT2D eigenvalue weighted by atomic mass is 9.94. The van der Waals surface area contributed by atoms with Crippen LogP contribution in [0, 0.1) is 6.92 Å². The summed E-state index contributed by atoms with van der Waals surface area (Å²) < 4.78 is 11.1. The molecule has 3 heterocycles. The molecule has 5 rings (SSSR count). The van der Waals surface area contributed by atoms with Crippen LogP contribution in [0.2, 0.25) is 0 Å². The molecule has 1 aliphatic carbocycles. The van der Waals surface area contributed by atoms with E-state index in [2.05, 4.69) is 20.7 Å². The van der Waals surface area contributed by atoms with Gasteiger partial charge in [-0.05, 0) is 66.9 Å². The van der Waals surface area contributed by atoms with E-state index in [0.717, 1.165) is 32.1 Å². The number of nitrogens with zero attached hydrogens (tertiary/aromatic N) is 5. The van der Waals surface area contributed by atoms with Gasteiger partial charge in [-0.25, -0.2) is 0 Å². The lowest BCUT2D eigenvalue weighted by Crippen LogP contribution is -2.47. The molecule has 198 valence electrons. The summed E-state index contributed by atoms with van der Waals surface area (Å²) in [5.41, 5.74) is 0.564. The number of aromatic hydroxyl groups is 1. The van der Waals surface area contributed by atoms with E-state index < -0.39 is 11.9 Å². The number of tetrazole rings is 1. The maximum absolute atomic E-state index is 13.8. The third kappa shape index (κ3) is 5.93. The first-order chi connectivity index (χ1) is 18.5. The molecule has 0 aliphatic heterocycles. The van der Waals surface area contributed by atoms with Crippen molar-refractivity contribution in [2.24, 2.45) is 0 Å². The Kier molecular flexibility index (Phi) is 7.52. The number of furan rings is 2. The highest BCUT2D eigenvalue weighted by Gasteiger charge is 2.34. The molecule has 0 spiro atoms. The Balaban J connectivity index is 1.44. The minimum atomic E-state index is -0.967. The van der Waals surface area contributed by atoms with Gasteiger partial charge in [0, 0.05) is 6.04 Å². The molecule has 1 atom stereocenters. The van der Waals surface area contributed by atoms with Crippen LogP contribution in [-0.2, 0) is 22.7 Å². The predicted octanol–water partition coefficient (Wildman–Crippen LogP) is 3.76. The van der Waals surface area contributed by atoms with Gasteiger partial charge in [0.25, 0.3) is 0 Å². The van der Waals surface area contributed by atoms with Gasteiger partial charge in [0.2, 0.25) is 17.6 Å². The Labute approximate surface area is 219 Å². The fraction of sp³-hybridized carbons (Fsp3) is 0.370. The van der Waals surface area contributed by atoms with E-state index in [1.54, 1.807) is 36.4 Å². The molecule has 38 heavy (non-hydrogen) atoms. The Bertz CT molecular complexity index is 1350. The smallest absolute Gasteiger partial charge is 0.247 e. The standard InChI is InChI=1S/C27H30N6O5/c1-18-9-14-23(38-18)26-29-31-33(30-26)17-24(35)32(16-22-8-5-15-37-22)25(19-10-12-21(34)13-11-19)27(36)28-20-6-3-2-4-7-20/h5,8-15,20,25,34H,2-4,6-7,16-17H2,1H3,(H,28,36)/t25-/m1/s1. The second-order valence-corrected chi connectivity index (χ2v) is 9.49. The summed E-state index contributed by atoms with van der Waals surface area (Å²) in [4.78, 5) is 30.2. The van der Waals surface area contributed by atoms with Gasteiger partial charge in [0.05, 0.1) is 12.8 Å². The molecule has 0 bridgehead atoms. The first-order valence-electron chi connectivity index (χ1n) is 12.7. The molecule has 2 N–H and O–H groups in total. The molecule has 1 aliphatic rings. The highest BCUT2D eigenvalue weighted by Crippen LogP contribution is 2.27. The second kappa shape index (κ2) is 11.3. The highest BCUT2D eigenvalue weighted by molar-refractivity contribution is 5.89. The number of benzene rings is 1. The van der Waals surface area contributed by atoms with Gasteiger partial charge >= 0.3 is 0 Å². The monoisotopic (exact) mass is 518 g/mol. The van der Waals surface area contributed by atoms with Gasteiger partial charge in [0.15, 0.2) is 5.76 Å². The summed E-state index contributed by atoms with van der Waals surface area (Å²) in [7, 11) is 0. The van der Waals surface area contributed by atoms with Crippen molar-refractivity contribution < 1.29 is 23.5 Å². The maximum Gasteiger partial charge on any atom is 0.247 e. The van der Waals surface area contributed by atoms with Crippen LogP contribution in [0.5, 0.6) is 5.75 Å². The van der Waals surface area contributed by atoms with Gasteiger partial charge in [-0.2, -0.15) is 4.80 Å². The van der Waals surface area contributed by atoms with Gasteiger partial charge < -0.3 is 24.2 Å². The molecule has 3 aromatic heterocycles. The van der Waals surface area contributed by atoms with Crippen molar-refractivity contribution in [2.75, 3.05) is 0 Å². The van der Waals surface area contributed by atoms with Crippen LogP contribution in [0.3, 0.4) is 0 Å². The molecule has 0 unspecified atom stereocenters. The van der Waals surface area contributed by atoms with Crippen molar-refractivity contribution in [3.8, 4) is 17.3 Å². The summed E-state index contributed by atoms with van der Waals surface area (Å²) in [6, 6.07) is 12.4. The van der Waals surface area contributed by atoms with Gasteiger partial charge in [-0.3, -0.25) is 9.59 Å². The number of aryl methyl sites for hydroxylation is 1. The molecule has 0 radical (unpaired) electrons. The summed E-state index contributed by atoms with van der Waals surface area (Å²) in [5, 5.41) is 25.3. The van der Waals surface area contributed by atoms with Crippen LogP contribution in [0.15, 0.2) is 63.6 Å². The average molecular weight is 519 g/mol. The SMILES string of the molecule is Cc1ccc(-c2nnn(CC(=O)N(Cc3ccco3)[C@@H](C(=O)NC3CCCCC3)c3ccc(O)cc3)n2)o1. The number of rotatable bonds is 9. The van der Waals surface area contributed by atoms with Crippen molar-refractivity contribution in [1.29, 1.82) is 0 Å². The zero-order chi connectivity index (χ0) is 26.5. The minimum Gasteiger partial charge on any atom is -0.508 e. The van der Waals surface area contributed by atoms with Gasteiger partial charge in [-0.15, -0.1) is 10.2 Å². The van der Waals surface area contributed by atoms with Gasteiger partial charge in [0.1, 0.15) is 29.9 Å². The zero-order valence-electron chi connectivity index (χ0n) is 21.1.